The molecule has 1 aliphatic carbocycles. The summed E-state index contributed by atoms with van der Waals surface area (Å²) in [5, 5.41) is 12.9. The smallest absolute Gasteiger partial charge is 0.285 e. The van der Waals surface area contributed by atoms with Gasteiger partial charge in [0.05, 0.1) is 17.7 Å². The normalized spacial score (nSPS) is 17.9. The average Bonchev–Trinajstić information content (AvgIpc) is 3.37. The third kappa shape index (κ3) is 3.72. The monoisotopic (exact) mass is 456 g/mol. The van der Waals surface area contributed by atoms with Crippen LogP contribution in [-0.4, -0.2) is 28.0 Å². The van der Waals surface area contributed by atoms with Gasteiger partial charge in [0.2, 0.25) is 11.7 Å². The Bertz CT molecular complexity index is 1260. The van der Waals surface area contributed by atoms with Crippen molar-refractivity contribution in [3.05, 3.63) is 53.7 Å². The molecule has 1 fully saturated rings. The molecule has 0 unspecified atom stereocenters. The Morgan fingerprint density at radius 1 is 1.12 bits per heavy atom. The number of carbonyl (C=O) groups excluding carboxylic acids is 1. The van der Waals surface area contributed by atoms with Crippen molar-refractivity contribution in [3.8, 4) is 11.5 Å². The number of ether oxygens (including phenoxy) is 2. The van der Waals surface area contributed by atoms with Crippen LogP contribution in [0.2, 0.25) is 0 Å². The van der Waals surface area contributed by atoms with Crippen LogP contribution in [-0.2, 0) is 22.7 Å². The van der Waals surface area contributed by atoms with E-state index in [1.807, 2.05) is 32.0 Å². The van der Waals surface area contributed by atoms with Gasteiger partial charge in [-0.05, 0) is 54.8 Å². The molecule has 3 aromatic rings. The summed E-state index contributed by atoms with van der Waals surface area (Å²) in [6, 6.07) is 12.1. The summed E-state index contributed by atoms with van der Waals surface area (Å²) < 4.78 is 41.2. The fourth-order valence-electron chi connectivity index (χ4n) is 4.60. The predicted octanol–water partition coefficient (Wildman–Crippen LogP) is 4.92. The maximum atomic E-state index is 14.1. The first kappa shape index (κ1) is 21.7. The second-order valence-electron chi connectivity index (χ2n) is 9.37. The minimum Gasteiger partial charge on any atom is -0.449 e. The zero-order valence-corrected chi connectivity index (χ0v) is 18.7. The molecule has 0 radical (unpaired) electrons. The summed E-state index contributed by atoms with van der Waals surface area (Å²) in [5.41, 5.74) is 1.16. The topological polar surface area (TPSA) is 72.7 Å². The van der Waals surface area contributed by atoms with Crippen molar-refractivity contribution in [2.45, 2.75) is 57.3 Å². The molecule has 1 aromatic heterocycles. The van der Waals surface area contributed by atoms with Gasteiger partial charge in [0.15, 0.2) is 11.5 Å². The Labute approximate surface area is 190 Å². The first-order valence-corrected chi connectivity index (χ1v) is 11.0. The maximum absolute atomic E-state index is 14.1. The highest BCUT2D eigenvalue weighted by Crippen LogP contribution is 2.52. The van der Waals surface area contributed by atoms with E-state index in [4.69, 9.17) is 9.47 Å². The summed E-state index contributed by atoms with van der Waals surface area (Å²) >= 11 is 0. The number of aliphatic hydroxyl groups is 1. The number of aliphatic hydroxyl groups excluding tert-OH is 1. The summed E-state index contributed by atoms with van der Waals surface area (Å²) in [6.07, 6.45) is 1.42. The van der Waals surface area contributed by atoms with Gasteiger partial charge in [0.1, 0.15) is 0 Å². The minimum atomic E-state index is -3.05. The second-order valence-corrected chi connectivity index (χ2v) is 9.37. The summed E-state index contributed by atoms with van der Waals surface area (Å²) in [6.45, 7) is 4.31. The van der Waals surface area contributed by atoms with Crippen LogP contribution in [0.25, 0.3) is 10.9 Å². The Hall–Kier alpha value is -3.13. The Morgan fingerprint density at radius 2 is 1.85 bits per heavy atom. The molecule has 0 saturated heterocycles. The number of nitrogens with one attached hydrogen (secondary N) is 1. The molecule has 0 spiro atoms. The van der Waals surface area contributed by atoms with Crippen molar-refractivity contribution < 1.29 is 28.2 Å². The Balaban J connectivity index is 1.42. The van der Waals surface area contributed by atoms with Crippen LogP contribution in [0.15, 0.2) is 42.5 Å². The molecule has 1 amide bonds. The van der Waals surface area contributed by atoms with Gasteiger partial charge in [0.25, 0.3) is 5.92 Å². The van der Waals surface area contributed by atoms with E-state index >= 15 is 0 Å². The highest BCUT2D eigenvalue weighted by molar-refractivity contribution is 6.02. The lowest BCUT2D eigenvalue weighted by Gasteiger charge is -2.17. The molecular formula is C25H26F2N2O4. The molecule has 2 aliphatic rings. The molecular weight excluding hydrogens is 430 g/mol. The van der Waals surface area contributed by atoms with Gasteiger partial charge < -0.3 is 24.5 Å². The molecule has 174 valence electrons. The first-order valence-electron chi connectivity index (χ1n) is 11.0. The highest BCUT2D eigenvalue weighted by Gasteiger charge is 2.52. The van der Waals surface area contributed by atoms with Crippen molar-refractivity contribution in [1.29, 1.82) is 0 Å². The van der Waals surface area contributed by atoms with Gasteiger partial charge in [-0.15, -0.1) is 0 Å². The molecule has 2 aromatic carbocycles. The van der Waals surface area contributed by atoms with Crippen molar-refractivity contribution in [2.75, 3.05) is 11.9 Å². The van der Waals surface area contributed by atoms with Crippen LogP contribution in [0, 0.1) is 0 Å². The standard InChI is InChI=1S/C25H26F2N2O4/c1-23(2)32-19-7-4-16(14-20(19)33-23)25(8-9-25)22(31)28-17-5-6-18-15(12-17)13-21(24(3,26)27)29(18)10-11-30/h4-7,12-14,30H,8-11H2,1-3H3,(H,28,31). The van der Waals surface area contributed by atoms with Crippen LogP contribution in [0.4, 0.5) is 14.5 Å². The van der Waals surface area contributed by atoms with Crippen molar-refractivity contribution in [2.24, 2.45) is 0 Å². The number of halogens is 2. The number of amides is 1. The zero-order chi connectivity index (χ0) is 23.6. The third-order valence-corrected chi connectivity index (χ3v) is 6.33. The van der Waals surface area contributed by atoms with Crippen LogP contribution >= 0.6 is 0 Å². The van der Waals surface area contributed by atoms with Crippen molar-refractivity contribution in [3.63, 3.8) is 0 Å². The lowest BCUT2D eigenvalue weighted by atomic mass is 9.94. The number of aromatic nitrogens is 1. The largest absolute Gasteiger partial charge is 0.449 e. The van der Waals surface area contributed by atoms with E-state index in [-0.39, 0.29) is 24.8 Å². The van der Waals surface area contributed by atoms with E-state index in [2.05, 4.69) is 5.32 Å². The number of fused-ring (bicyclic) bond motifs is 2. The fraction of sp³-hybridized carbons (Fsp3) is 0.400. The van der Waals surface area contributed by atoms with Crippen LogP contribution < -0.4 is 14.8 Å². The van der Waals surface area contributed by atoms with E-state index in [1.54, 1.807) is 18.2 Å². The van der Waals surface area contributed by atoms with Crippen LogP contribution in [0.5, 0.6) is 11.5 Å². The molecule has 8 heteroatoms. The molecule has 33 heavy (non-hydrogen) atoms. The van der Waals surface area contributed by atoms with Gasteiger partial charge in [-0.1, -0.05) is 6.07 Å². The van der Waals surface area contributed by atoms with Gasteiger partial charge in [-0.25, -0.2) is 8.78 Å². The maximum Gasteiger partial charge on any atom is 0.285 e. The Morgan fingerprint density at radius 3 is 2.52 bits per heavy atom. The van der Waals surface area contributed by atoms with Gasteiger partial charge in [0, 0.05) is 43.9 Å². The summed E-state index contributed by atoms with van der Waals surface area (Å²) in [4.78, 5) is 13.3. The number of alkyl halides is 2. The molecule has 6 nitrogen and oxygen atoms in total. The number of benzene rings is 2. The van der Waals surface area contributed by atoms with E-state index in [0.717, 1.165) is 12.5 Å². The van der Waals surface area contributed by atoms with Crippen molar-refractivity contribution in [1.82, 2.24) is 4.57 Å². The molecule has 5 rings (SSSR count). The zero-order valence-electron chi connectivity index (χ0n) is 18.7. The van der Waals surface area contributed by atoms with Crippen LogP contribution in [0.1, 0.15) is 44.9 Å². The van der Waals surface area contributed by atoms with Crippen LogP contribution in [0.3, 0.4) is 0 Å². The minimum absolute atomic E-state index is 0.0675. The molecule has 2 heterocycles. The SMILES string of the molecule is CC1(C)Oc2ccc(C3(C(=O)Nc4ccc5c(c4)cc(C(C)(F)F)n5CCO)CC3)cc2O1. The van der Waals surface area contributed by atoms with E-state index in [9.17, 15) is 18.7 Å². The van der Waals surface area contributed by atoms with Gasteiger partial charge >= 0.3 is 0 Å². The number of hydrogen-bond donors (Lipinski definition) is 2. The number of hydrogen-bond acceptors (Lipinski definition) is 4. The van der Waals surface area contributed by atoms with E-state index < -0.39 is 17.1 Å². The quantitative estimate of drug-likeness (QED) is 0.552. The molecule has 1 saturated carbocycles. The number of carbonyl (C=O) groups is 1. The Kier molecular flexibility index (Phi) is 4.72. The molecule has 0 atom stereocenters. The highest BCUT2D eigenvalue weighted by atomic mass is 19.3. The molecule has 1 aliphatic heterocycles. The number of rotatable bonds is 6. The van der Waals surface area contributed by atoms with Gasteiger partial charge in [-0.3, -0.25) is 4.79 Å². The van der Waals surface area contributed by atoms with Crippen molar-refractivity contribution >= 4 is 22.5 Å². The van der Waals surface area contributed by atoms with Gasteiger partial charge in [-0.2, -0.15) is 0 Å². The lowest BCUT2D eigenvalue weighted by Crippen LogP contribution is -2.29. The van der Waals surface area contributed by atoms with E-state index in [1.165, 1.54) is 10.6 Å². The molecule has 2 N–H and O–H groups in total. The fourth-order valence-corrected chi connectivity index (χ4v) is 4.60. The summed E-state index contributed by atoms with van der Waals surface area (Å²) in [5.74, 6) is -2.66. The second kappa shape index (κ2) is 7.18. The summed E-state index contributed by atoms with van der Waals surface area (Å²) in [7, 11) is 0. The predicted molar refractivity (Wildman–Crippen MR) is 120 cm³/mol. The number of anilines is 1. The first-order chi connectivity index (χ1) is 15.5. The van der Waals surface area contributed by atoms with E-state index in [0.29, 0.717) is 40.9 Å². The molecule has 0 bridgehead atoms. The number of nitrogens with zero attached hydrogens (tertiary/aromatic N) is 1. The lowest BCUT2D eigenvalue weighted by molar-refractivity contribution is -0.118. The third-order valence-electron chi connectivity index (χ3n) is 6.33. The average molecular weight is 456 g/mol.